The quantitative estimate of drug-likeness (QED) is 0.882. The molecular formula is C13H16ClN3O3. The molecule has 0 amide bonds. The zero-order valence-corrected chi connectivity index (χ0v) is 12.3. The summed E-state index contributed by atoms with van der Waals surface area (Å²) in [4.78, 5) is 4.11. The summed E-state index contributed by atoms with van der Waals surface area (Å²) in [5.41, 5.74) is 0.980. The SMILES string of the molecule is COc1cc(CNCc2noc(C)n2)cc(Cl)c1OC. The summed E-state index contributed by atoms with van der Waals surface area (Å²) in [6.45, 7) is 2.88. The summed E-state index contributed by atoms with van der Waals surface area (Å²) in [7, 11) is 3.13. The summed E-state index contributed by atoms with van der Waals surface area (Å²) >= 11 is 6.14. The maximum absolute atomic E-state index is 6.14. The van der Waals surface area contributed by atoms with E-state index in [4.69, 9.17) is 25.6 Å². The molecule has 0 saturated heterocycles. The molecule has 108 valence electrons. The van der Waals surface area contributed by atoms with Gasteiger partial charge in [-0.15, -0.1) is 0 Å². The standard InChI is InChI=1S/C13H16ClN3O3/c1-8-16-12(17-20-8)7-15-6-9-4-10(14)13(19-3)11(5-9)18-2/h4-5,15H,6-7H2,1-3H3. The second-order valence-corrected chi connectivity index (χ2v) is 4.55. The summed E-state index contributed by atoms with van der Waals surface area (Å²) < 4.78 is 15.3. The monoisotopic (exact) mass is 297 g/mol. The number of nitrogens with one attached hydrogen (secondary N) is 1. The van der Waals surface area contributed by atoms with Crippen LogP contribution in [0.5, 0.6) is 11.5 Å². The Kier molecular flexibility index (Phi) is 4.81. The second kappa shape index (κ2) is 6.58. The lowest BCUT2D eigenvalue weighted by atomic mass is 10.2. The number of methoxy groups -OCH3 is 2. The topological polar surface area (TPSA) is 69.4 Å². The third kappa shape index (κ3) is 3.40. The van der Waals surface area contributed by atoms with Crippen LogP contribution < -0.4 is 14.8 Å². The van der Waals surface area contributed by atoms with Gasteiger partial charge in [-0.1, -0.05) is 16.8 Å². The maximum atomic E-state index is 6.14. The van der Waals surface area contributed by atoms with Gasteiger partial charge in [-0.3, -0.25) is 0 Å². The molecule has 0 atom stereocenters. The molecule has 1 heterocycles. The number of rotatable bonds is 6. The van der Waals surface area contributed by atoms with E-state index in [1.165, 1.54) is 0 Å². The minimum Gasteiger partial charge on any atom is -0.493 e. The van der Waals surface area contributed by atoms with Crippen LogP contribution in [0.4, 0.5) is 0 Å². The van der Waals surface area contributed by atoms with Gasteiger partial charge in [0.2, 0.25) is 5.89 Å². The van der Waals surface area contributed by atoms with Crippen molar-refractivity contribution in [3.05, 3.63) is 34.4 Å². The minimum atomic E-state index is 0.513. The lowest BCUT2D eigenvalue weighted by molar-refractivity contribution is 0.354. The van der Waals surface area contributed by atoms with Gasteiger partial charge in [-0.2, -0.15) is 4.98 Å². The van der Waals surface area contributed by atoms with Crippen molar-refractivity contribution in [2.24, 2.45) is 0 Å². The lowest BCUT2D eigenvalue weighted by Gasteiger charge is -2.11. The fraction of sp³-hybridized carbons (Fsp3) is 0.385. The van der Waals surface area contributed by atoms with E-state index < -0.39 is 0 Å². The van der Waals surface area contributed by atoms with Gasteiger partial charge in [-0.05, 0) is 17.7 Å². The number of benzene rings is 1. The predicted octanol–water partition coefficient (Wildman–Crippen LogP) is 2.34. The molecule has 7 heteroatoms. The number of ether oxygens (including phenoxy) is 2. The maximum Gasteiger partial charge on any atom is 0.223 e. The first-order valence-electron chi connectivity index (χ1n) is 6.04. The number of aromatic nitrogens is 2. The van der Waals surface area contributed by atoms with Gasteiger partial charge in [-0.25, -0.2) is 0 Å². The smallest absolute Gasteiger partial charge is 0.223 e. The molecule has 0 aliphatic carbocycles. The Morgan fingerprint density at radius 2 is 2.05 bits per heavy atom. The third-order valence-electron chi connectivity index (χ3n) is 2.68. The normalized spacial score (nSPS) is 10.6. The van der Waals surface area contributed by atoms with Gasteiger partial charge in [0, 0.05) is 13.5 Å². The molecular weight excluding hydrogens is 282 g/mol. The Balaban J connectivity index is 2.01. The molecule has 0 aliphatic rings. The molecule has 2 rings (SSSR count). The van der Waals surface area contributed by atoms with Crippen LogP contribution in [-0.4, -0.2) is 24.4 Å². The highest BCUT2D eigenvalue weighted by molar-refractivity contribution is 6.32. The Morgan fingerprint density at radius 1 is 1.25 bits per heavy atom. The van der Waals surface area contributed by atoms with Crippen LogP contribution in [-0.2, 0) is 13.1 Å². The van der Waals surface area contributed by atoms with Crippen LogP contribution >= 0.6 is 11.6 Å². The fourth-order valence-corrected chi connectivity index (χ4v) is 2.12. The van der Waals surface area contributed by atoms with Crippen LogP contribution in [0.3, 0.4) is 0 Å². The highest BCUT2D eigenvalue weighted by Gasteiger charge is 2.11. The highest BCUT2D eigenvalue weighted by Crippen LogP contribution is 2.35. The van der Waals surface area contributed by atoms with Crippen LogP contribution in [0.15, 0.2) is 16.7 Å². The first kappa shape index (κ1) is 14.6. The average molecular weight is 298 g/mol. The summed E-state index contributed by atoms with van der Waals surface area (Å²) in [5.74, 6) is 2.31. The molecule has 0 radical (unpaired) electrons. The van der Waals surface area contributed by atoms with Crippen molar-refractivity contribution < 1.29 is 14.0 Å². The number of halogens is 1. The fourth-order valence-electron chi connectivity index (χ4n) is 1.81. The van der Waals surface area contributed by atoms with E-state index in [0.29, 0.717) is 41.3 Å². The van der Waals surface area contributed by atoms with Crippen LogP contribution in [0, 0.1) is 6.92 Å². The molecule has 0 saturated carbocycles. The van der Waals surface area contributed by atoms with E-state index in [9.17, 15) is 0 Å². The van der Waals surface area contributed by atoms with Gasteiger partial charge >= 0.3 is 0 Å². The van der Waals surface area contributed by atoms with Crippen LogP contribution in [0.1, 0.15) is 17.3 Å². The molecule has 0 unspecified atom stereocenters. The van der Waals surface area contributed by atoms with Gasteiger partial charge < -0.3 is 19.3 Å². The molecule has 0 spiro atoms. The highest BCUT2D eigenvalue weighted by atomic mass is 35.5. The van der Waals surface area contributed by atoms with Crippen molar-refractivity contribution in [1.82, 2.24) is 15.5 Å². The molecule has 6 nitrogen and oxygen atoms in total. The van der Waals surface area contributed by atoms with E-state index in [1.54, 1.807) is 21.1 Å². The number of hydrogen-bond acceptors (Lipinski definition) is 6. The molecule has 1 aromatic heterocycles. The molecule has 1 N–H and O–H groups in total. The zero-order valence-electron chi connectivity index (χ0n) is 11.6. The third-order valence-corrected chi connectivity index (χ3v) is 2.96. The van der Waals surface area contributed by atoms with Crippen molar-refractivity contribution in [3.8, 4) is 11.5 Å². The summed E-state index contributed by atoms with van der Waals surface area (Å²) in [6, 6.07) is 3.70. The largest absolute Gasteiger partial charge is 0.493 e. The molecule has 0 bridgehead atoms. The summed E-state index contributed by atoms with van der Waals surface area (Å²) in [6.07, 6.45) is 0. The number of aryl methyl sites for hydroxylation is 1. The molecule has 2 aromatic rings. The van der Waals surface area contributed by atoms with Crippen LogP contribution in [0.2, 0.25) is 5.02 Å². The average Bonchev–Trinajstić information content (AvgIpc) is 2.83. The van der Waals surface area contributed by atoms with Gasteiger partial charge in [0.25, 0.3) is 0 Å². The first-order chi connectivity index (χ1) is 9.63. The Hall–Kier alpha value is -1.79. The Morgan fingerprint density at radius 3 is 2.65 bits per heavy atom. The number of nitrogens with zero attached hydrogens (tertiary/aromatic N) is 2. The van der Waals surface area contributed by atoms with Crippen LogP contribution in [0.25, 0.3) is 0 Å². The summed E-state index contributed by atoms with van der Waals surface area (Å²) in [5, 5.41) is 7.53. The minimum absolute atomic E-state index is 0.513. The van der Waals surface area contributed by atoms with Crippen molar-refractivity contribution in [3.63, 3.8) is 0 Å². The molecule has 0 fully saturated rings. The van der Waals surface area contributed by atoms with Crippen molar-refractivity contribution in [2.75, 3.05) is 14.2 Å². The van der Waals surface area contributed by atoms with Crippen molar-refractivity contribution >= 4 is 11.6 Å². The Bertz CT molecular complexity index is 586. The van der Waals surface area contributed by atoms with Gasteiger partial charge in [0.1, 0.15) is 0 Å². The van der Waals surface area contributed by atoms with Crippen molar-refractivity contribution in [1.29, 1.82) is 0 Å². The number of hydrogen-bond donors (Lipinski definition) is 1. The van der Waals surface area contributed by atoms with Crippen molar-refractivity contribution in [2.45, 2.75) is 20.0 Å². The van der Waals surface area contributed by atoms with E-state index in [-0.39, 0.29) is 0 Å². The first-order valence-corrected chi connectivity index (χ1v) is 6.42. The lowest BCUT2D eigenvalue weighted by Crippen LogP contribution is -2.14. The van der Waals surface area contributed by atoms with Gasteiger partial charge in [0.15, 0.2) is 17.3 Å². The second-order valence-electron chi connectivity index (χ2n) is 4.15. The molecule has 20 heavy (non-hydrogen) atoms. The van der Waals surface area contributed by atoms with E-state index >= 15 is 0 Å². The molecule has 1 aromatic carbocycles. The predicted molar refractivity (Wildman–Crippen MR) is 74.1 cm³/mol. The van der Waals surface area contributed by atoms with E-state index in [2.05, 4.69) is 15.5 Å². The zero-order chi connectivity index (χ0) is 14.5. The van der Waals surface area contributed by atoms with Gasteiger partial charge in [0.05, 0.1) is 25.8 Å². The van der Waals surface area contributed by atoms with E-state index in [0.717, 1.165) is 5.56 Å². The van der Waals surface area contributed by atoms with E-state index in [1.807, 2.05) is 12.1 Å². The Labute approximate surface area is 122 Å². The molecule has 0 aliphatic heterocycles.